The lowest BCUT2D eigenvalue weighted by atomic mass is 10.0. The second-order valence-corrected chi connectivity index (χ2v) is 6.53. The third kappa shape index (κ3) is 4.12. The molecule has 0 saturated carbocycles. The SMILES string of the molecule is CN(NC(=O)OCc1cccc2c1Cc1ccccc1-2)[C@@H](CC(=O)O)C(=O)O. The van der Waals surface area contributed by atoms with Gasteiger partial charge in [0.05, 0.1) is 6.42 Å². The first-order valence-electron chi connectivity index (χ1n) is 8.66. The highest BCUT2D eigenvalue weighted by atomic mass is 16.6. The zero-order valence-corrected chi connectivity index (χ0v) is 15.2. The lowest BCUT2D eigenvalue weighted by molar-refractivity contribution is -0.150. The van der Waals surface area contributed by atoms with E-state index >= 15 is 0 Å². The number of benzene rings is 2. The van der Waals surface area contributed by atoms with Crippen molar-refractivity contribution in [3.05, 3.63) is 59.2 Å². The molecule has 0 fully saturated rings. The Labute approximate surface area is 161 Å². The number of rotatable bonds is 7. The standard InChI is InChI=1S/C20H20N2O6/c1-22(17(19(25)26)10-18(23)24)21-20(27)28-11-13-6-4-8-15-14-7-3-2-5-12(14)9-16(13)15/h2-8,17H,9-11H2,1H3,(H,21,27)(H,23,24)(H,25,26)/t17-/m0/s1. The van der Waals surface area contributed by atoms with Crippen LogP contribution in [0, 0.1) is 0 Å². The Hall–Kier alpha value is -3.39. The summed E-state index contributed by atoms with van der Waals surface area (Å²) in [4.78, 5) is 34.0. The Morgan fingerprint density at radius 2 is 1.82 bits per heavy atom. The number of hydrogen-bond acceptors (Lipinski definition) is 5. The number of likely N-dealkylation sites (N-methyl/N-ethyl adjacent to an activating group) is 1. The van der Waals surface area contributed by atoms with Gasteiger partial charge in [-0.05, 0) is 34.2 Å². The van der Waals surface area contributed by atoms with Crippen LogP contribution in [0.3, 0.4) is 0 Å². The molecule has 2 aromatic rings. The van der Waals surface area contributed by atoms with Crippen LogP contribution in [-0.2, 0) is 27.4 Å². The molecule has 8 heteroatoms. The molecule has 0 spiro atoms. The summed E-state index contributed by atoms with van der Waals surface area (Å²) in [7, 11) is 1.28. The van der Waals surface area contributed by atoms with Gasteiger partial charge in [0.15, 0.2) is 0 Å². The number of fused-ring (bicyclic) bond motifs is 3. The fourth-order valence-corrected chi connectivity index (χ4v) is 3.31. The van der Waals surface area contributed by atoms with Crippen molar-refractivity contribution >= 4 is 18.0 Å². The molecule has 0 unspecified atom stereocenters. The molecule has 1 aliphatic carbocycles. The molecule has 28 heavy (non-hydrogen) atoms. The first kappa shape index (κ1) is 19.4. The highest BCUT2D eigenvalue weighted by molar-refractivity contribution is 5.81. The summed E-state index contributed by atoms with van der Waals surface area (Å²) in [5.41, 5.74) is 7.71. The highest BCUT2D eigenvalue weighted by Gasteiger charge is 2.27. The number of carboxylic acids is 2. The van der Waals surface area contributed by atoms with Crippen LogP contribution in [0.5, 0.6) is 0 Å². The average molecular weight is 384 g/mol. The number of carbonyl (C=O) groups excluding carboxylic acids is 1. The Morgan fingerprint density at radius 1 is 1.11 bits per heavy atom. The van der Waals surface area contributed by atoms with E-state index in [9.17, 15) is 14.4 Å². The summed E-state index contributed by atoms with van der Waals surface area (Å²) < 4.78 is 5.23. The summed E-state index contributed by atoms with van der Waals surface area (Å²) in [5, 5.41) is 18.8. The molecular weight excluding hydrogens is 364 g/mol. The Kier molecular flexibility index (Phi) is 5.60. The summed E-state index contributed by atoms with van der Waals surface area (Å²) in [6.45, 7) is 0.0213. The maximum atomic E-state index is 12.0. The van der Waals surface area contributed by atoms with Crippen molar-refractivity contribution in [2.75, 3.05) is 7.05 Å². The number of carbonyl (C=O) groups is 3. The van der Waals surface area contributed by atoms with Crippen LogP contribution in [0.25, 0.3) is 11.1 Å². The molecule has 0 saturated heterocycles. The molecule has 8 nitrogen and oxygen atoms in total. The van der Waals surface area contributed by atoms with Crippen LogP contribution in [-0.4, -0.2) is 46.3 Å². The monoisotopic (exact) mass is 384 g/mol. The van der Waals surface area contributed by atoms with Crippen molar-refractivity contribution in [3.63, 3.8) is 0 Å². The second kappa shape index (κ2) is 8.10. The number of hydrazine groups is 1. The predicted molar refractivity (Wildman–Crippen MR) is 99.4 cm³/mol. The van der Waals surface area contributed by atoms with Gasteiger partial charge in [-0.25, -0.2) is 9.80 Å². The quantitative estimate of drug-likeness (QED) is 0.535. The first-order chi connectivity index (χ1) is 13.4. The summed E-state index contributed by atoms with van der Waals surface area (Å²) in [6.07, 6.45) is -0.754. The number of aliphatic carboxylic acids is 2. The molecule has 0 bridgehead atoms. The average Bonchev–Trinajstić information content (AvgIpc) is 3.03. The third-order valence-electron chi connectivity index (χ3n) is 4.69. The molecule has 0 aromatic heterocycles. The minimum atomic E-state index is -1.40. The van der Waals surface area contributed by atoms with E-state index in [0.29, 0.717) is 0 Å². The molecule has 1 atom stereocenters. The maximum Gasteiger partial charge on any atom is 0.422 e. The van der Waals surface area contributed by atoms with Crippen molar-refractivity contribution in [2.45, 2.75) is 25.5 Å². The number of hydrogen-bond donors (Lipinski definition) is 3. The van der Waals surface area contributed by atoms with E-state index in [2.05, 4.69) is 17.6 Å². The normalized spacial score (nSPS) is 12.8. The summed E-state index contributed by atoms with van der Waals surface area (Å²) >= 11 is 0. The van der Waals surface area contributed by atoms with Gasteiger partial charge in [-0.1, -0.05) is 42.5 Å². The maximum absolute atomic E-state index is 12.0. The summed E-state index contributed by atoms with van der Waals surface area (Å²) in [6, 6.07) is 12.5. The lowest BCUT2D eigenvalue weighted by Gasteiger charge is -2.23. The number of carboxylic acid groups (broad SMARTS) is 2. The van der Waals surface area contributed by atoms with Crippen molar-refractivity contribution in [1.29, 1.82) is 0 Å². The van der Waals surface area contributed by atoms with E-state index in [4.69, 9.17) is 14.9 Å². The fourth-order valence-electron chi connectivity index (χ4n) is 3.31. The number of nitrogens with one attached hydrogen (secondary N) is 1. The second-order valence-electron chi connectivity index (χ2n) is 6.53. The number of ether oxygens (including phenoxy) is 1. The largest absolute Gasteiger partial charge is 0.481 e. The van der Waals surface area contributed by atoms with Gasteiger partial charge >= 0.3 is 18.0 Å². The molecule has 3 rings (SSSR count). The van der Waals surface area contributed by atoms with E-state index in [1.54, 1.807) is 0 Å². The van der Waals surface area contributed by atoms with E-state index in [1.807, 2.05) is 30.3 Å². The van der Waals surface area contributed by atoms with Crippen molar-refractivity contribution in [3.8, 4) is 11.1 Å². The van der Waals surface area contributed by atoms with Crippen LogP contribution in [0.1, 0.15) is 23.1 Å². The van der Waals surface area contributed by atoms with E-state index in [0.717, 1.165) is 28.1 Å². The van der Waals surface area contributed by atoms with Crippen LogP contribution in [0.15, 0.2) is 42.5 Å². The Bertz CT molecular complexity index is 927. The Balaban J connectivity index is 1.63. The lowest BCUT2D eigenvalue weighted by Crippen LogP contribution is -2.50. The minimum absolute atomic E-state index is 0.0213. The molecule has 0 radical (unpaired) electrons. The number of nitrogens with zero attached hydrogens (tertiary/aromatic N) is 1. The zero-order chi connectivity index (χ0) is 20.3. The van der Waals surface area contributed by atoms with Crippen molar-refractivity contribution < 1.29 is 29.3 Å². The zero-order valence-electron chi connectivity index (χ0n) is 15.2. The topological polar surface area (TPSA) is 116 Å². The smallest absolute Gasteiger partial charge is 0.422 e. The molecular formula is C20H20N2O6. The van der Waals surface area contributed by atoms with Gasteiger partial charge in [-0.3, -0.25) is 15.0 Å². The molecule has 3 N–H and O–H groups in total. The molecule has 146 valence electrons. The number of amides is 1. The van der Waals surface area contributed by atoms with Gasteiger partial charge in [-0.2, -0.15) is 0 Å². The fraction of sp³-hybridized carbons (Fsp3) is 0.250. The molecule has 0 heterocycles. The van der Waals surface area contributed by atoms with Crippen molar-refractivity contribution in [2.24, 2.45) is 0 Å². The van der Waals surface area contributed by atoms with Gasteiger partial charge in [0.1, 0.15) is 12.6 Å². The van der Waals surface area contributed by atoms with Gasteiger partial charge in [0.2, 0.25) is 0 Å². The third-order valence-corrected chi connectivity index (χ3v) is 4.69. The van der Waals surface area contributed by atoms with E-state index in [1.165, 1.54) is 18.2 Å². The van der Waals surface area contributed by atoms with E-state index in [-0.39, 0.29) is 6.61 Å². The van der Waals surface area contributed by atoms with Gasteiger partial charge in [0, 0.05) is 7.05 Å². The van der Waals surface area contributed by atoms with Gasteiger partial charge in [-0.15, -0.1) is 0 Å². The Morgan fingerprint density at radius 3 is 2.54 bits per heavy atom. The van der Waals surface area contributed by atoms with Gasteiger partial charge in [0.25, 0.3) is 0 Å². The molecule has 1 amide bonds. The first-order valence-corrected chi connectivity index (χ1v) is 8.66. The van der Waals surface area contributed by atoms with Crippen LogP contribution < -0.4 is 5.43 Å². The van der Waals surface area contributed by atoms with Crippen LogP contribution in [0.4, 0.5) is 4.79 Å². The van der Waals surface area contributed by atoms with Crippen molar-refractivity contribution in [1.82, 2.24) is 10.4 Å². The highest BCUT2D eigenvalue weighted by Crippen LogP contribution is 2.38. The molecule has 1 aliphatic rings. The predicted octanol–water partition coefficient (Wildman–Crippen LogP) is 2.26. The van der Waals surface area contributed by atoms with Crippen LogP contribution in [0.2, 0.25) is 0 Å². The minimum Gasteiger partial charge on any atom is -0.481 e. The van der Waals surface area contributed by atoms with E-state index < -0.39 is 30.5 Å². The summed E-state index contributed by atoms with van der Waals surface area (Å²) in [5.74, 6) is -2.64. The molecule has 0 aliphatic heterocycles. The van der Waals surface area contributed by atoms with Crippen LogP contribution >= 0.6 is 0 Å². The van der Waals surface area contributed by atoms with Gasteiger partial charge < -0.3 is 14.9 Å². The molecule has 2 aromatic carbocycles.